The van der Waals surface area contributed by atoms with Crippen LogP contribution in [-0.2, 0) is 16.6 Å². The molecule has 1 saturated heterocycles. The normalized spacial score (nSPS) is 21.4. The molecule has 1 saturated carbocycles. The van der Waals surface area contributed by atoms with Gasteiger partial charge in [0.2, 0.25) is 10.0 Å². The molecular formula is C28H34N6O5S2. The van der Waals surface area contributed by atoms with Crippen molar-refractivity contribution in [2.75, 3.05) is 23.9 Å². The van der Waals surface area contributed by atoms with Gasteiger partial charge < -0.3 is 25.3 Å². The predicted molar refractivity (Wildman–Crippen MR) is 157 cm³/mol. The number of thiazole rings is 1. The van der Waals surface area contributed by atoms with E-state index in [1.807, 2.05) is 26.0 Å². The number of fused-ring (bicyclic) bond motifs is 1. The number of nitrogens with zero attached hydrogens (tertiary/aromatic N) is 4. The van der Waals surface area contributed by atoms with Crippen LogP contribution >= 0.6 is 11.3 Å². The molecule has 1 unspecified atom stereocenters. The number of nitrogens with one attached hydrogen (secondary N) is 2. The summed E-state index contributed by atoms with van der Waals surface area (Å²) in [5.74, 6) is 1.31. The fourth-order valence-electron chi connectivity index (χ4n) is 5.90. The maximum Gasteiger partial charge on any atom is 0.256 e. The second kappa shape index (κ2) is 10.6. The molecule has 1 aromatic carbocycles. The summed E-state index contributed by atoms with van der Waals surface area (Å²) in [6, 6.07) is 8.76. The van der Waals surface area contributed by atoms with Crippen LogP contribution in [0.4, 0.5) is 16.8 Å². The number of carbonyl (C=O) groups is 1. The van der Waals surface area contributed by atoms with Crippen molar-refractivity contribution >= 4 is 44.0 Å². The van der Waals surface area contributed by atoms with E-state index >= 15 is 0 Å². The van der Waals surface area contributed by atoms with E-state index in [1.54, 1.807) is 28.0 Å². The second-order valence-electron chi connectivity index (χ2n) is 11.0. The molecule has 41 heavy (non-hydrogen) atoms. The molecule has 3 aliphatic rings. The van der Waals surface area contributed by atoms with E-state index in [-0.39, 0.29) is 35.1 Å². The molecule has 2 fully saturated rings. The van der Waals surface area contributed by atoms with Crippen molar-refractivity contribution in [3.63, 3.8) is 0 Å². The van der Waals surface area contributed by atoms with Gasteiger partial charge in [0.15, 0.2) is 5.13 Å². The van der Waals surface area contributed by atoms with Gasteiger partial charge in [-0.15, -0.1) is 0 Å². The van der Waals surface area contributed by atoms with Crippen molar-refractivity contribution in [1.29, 1.82) is 0 Å². The number of rotatable bonds is 9. The number of carbonyl (C=O) groups excluding carboxylic acids is 1. The fraction of sp³-hybridized carbons (Fsp3) is 0.464. The Morgan fingerprint density at radius 3 is 2.66 bits per heavy atom. The average molecular weight is 599 g/mol. The second-order valence-corrected chi connectivity index (χ2v) is 13.8. The number of aliphatic hydroxyl groups excluding tert-OH is 2. The van der Waals surface area contributed by atoms with Crippen LogP contribution < -0.4 is 14.9 Å². The monoisotopic (exact) mass is 598 g/mol. The summed E-state index contributed by atoms with van der Waals surface area (Å²) >= 11 is 1.37. The smallest absolute Gasteiger partial charge is 0.256 e. The zero-order valence-electron chi connectivity index (χ0n) is 23.2. The maximum atomic E-state index is 13.4. The van der Waals surface area contributed by atoms with Crippen molar-refractivity contribution in [2.24, 2.45) is 5.92 Å². The van der Waals surface area contributed by atoms with Gasteiger partial charge in [0.1, 0.15) is 17.9 Å². The van der Waals surface area contributed by atoms with Gasteiger partial charge in [-0.2, -0.15) is 0 Å². The molecule has 0 bridgehead atoms. The quantitative estimate of drug-likeness (QED) is 0.291. The molecule has 218 valence electrons. The van der Waals surface area contributed by atoms with Crippen LogP contribution in [0.5, 0.6) is 0 Å². The number of amides is 1. The molecule has 13 heteroatoms. The number of aryl methyl sites for hydroxylation is 1. The van der Waals surface area contributed by atoms with Crippen molar-refractivity contribution in [2.45, 2.75) is 69.3 Å². The highest BCUT2D eigenvalue weighted by Gasteiger charge is 2.41. The minimum absolute atomic E-state index is 0.0118. The van der Waals surface area contributed by atoms with E-state index in [2.05, 4.69) is 20.0 Å². The fourth-order valence-corrected chi connectivity index (χ4v) is 7.85. The van der Waals surface area contributed by atoms with E-state index in [4.69, 9.17) is 0 Å². The zero-order valence-corrected chi connectivity index (χ0v) is 24.8. The van der Waals surface area contributed by atoms with Crippen molar-refractivity contribution < 1.29 is 23.4 Å². The molecule has 0 radical (unpaired) electrons. The van der Waals surface area contributed by atoms with Gasteiger partial charge in [-0.25, -0.2) is 23.1 Å². The summed E-state index contributed by atoms with van der Waals surface area (Å²) in [4.78, 5) is 27.1. The first kappa shape index (κ1) is 28.0. The van der Waals surface area contributed by atoms with Gasteiger partial charge in [0.25, 0.3) is 5.91 Å². The summed E-state index contributed by atoms with van der Waals surface area (Å²) in [6.07, 6.45) is 2.71. The first-order valence-electron chi connectivity index (χ1n) is 13.8. The molecule has 11 nitrogen and oxygen atoms in total. The summed E-state index contributed by atoms with van der Waals surface area (Å²) in [5, 5.41) is 23.9. The average Bonchev–Trinajstić information content (AvgIpc) is 3.54. The Labute approximate surface area is 243 Å². The highest BCUT2D eigenvalue weighted by Crippen LogP contribution is 2.42. The first-order chi connectivity index (χ1) is 19.6. The number of aromatic nitrogens is 2. The van der Waals surface area contributed by atoms with Crippen LogP contribution in [0.25, 0.3) is 10.4 Å². The van der Waals surface area contributed by atoms with Gasteiger partial charge in [0.05, 0.1) is 33.7 Å². The van der Waals surface area contributed by atoms with Crippen LogP contribution in [0.3, 0.4) is 0 Å². The Morgan fingerprint density at radius 1 is 1.17 bits per heavy atom. The molecule has 0 spiro atoms. The van der Waals surface area contributed by atoms with Crippen molar-refractivity contribution in [3.8, 4) is 10.4 Å². The van der Waals surface area contributed by atoms with Crippen LogP contribution in [0.1, 0.15) is 54.2 Å². The summed E-state index contributed by atoms with van der Waals surface area (Å²) in [5.41, 5.74) is 2.35. The number of sulfonamides is 1. The Hall–Kier alpha value is -3.10. The standard InChI is InChI=1S/C28H34N6O5S2/c1-15-26(40-28(30-15)32-22-5-4-6-23(31-22)34-20(14-35)9-10-24(34)36)18-11-19-13-33(16(2)17-7-8-17)27(37)25(19)21(12-18)41(38,39)29-3/h4-6,11-12,16-17,20,24,29,35-36H,7-10,13-14H2,1-3H3,(H,30,31,32)/t16-,20+,24?/m0/s1. The molecule has 1 amide bonds. The third-order valence-corrected chi connectivity index (χ3v) is 10.9. The van der Waals surface area contributed by atoms with Gasteiger partial charge in [-0.05, 0) is 87.9 Å². The summed E-state index contributed by atoms with van der Waals surface area (Å²) in [6.45, 7) is 4.21. The van der Waals surface area contributed by atoms with Gasteiger partial charge in [-0.3, -0.25) is 4.79 Å². The molecule has 1 aliphatic carbocycles. The van der Waals surface area contributed by atoms with Crippen molar-refractivity contribution in [3.05, 3.63) is 47.2 Å². The topological polar surface area (TPSA) is 148 Å². The lowest BCUT2D eigenvalue weighted by molar-refractivity contribution is 0.0694. The molecule has 4 N–H and O–H groups in total. The maximum absolute atomic E-state index is 13.4. The molecule has 3 atom stereocenters. The Morgan fingerprint density at radius 2 is 1.95 bits per heavy atom. The summed E-state index contributed by atoms with van der Waals surface area (Å²) < 4.78 is 28.6. The molecule has 2 aliphatic heterocycles. The first-order valence-corrected chi connectivity index (χ1v) is 16.1. The van der Waals surface area contributed by atoms with Crippen LogP contribution in [0.15, 0.2) is 35.2 Å². The number of anilines is 3. The number of benzene rings is 1. The minimum Gasteiger partial charge on any atom is -0.394 e. The van der Waals surface area contributed by atoms with E-state index in [0.29, 0.717) is 58.9 Å². The number of aliphatic hydroxyl groups is 2. The van der Waals surface area contributed by atoms with Crippen molar-refractivity contribution in [1.82, 2.24) is 19.6 Å². The molecule has 6 rings (SSSR count). The highest BCUT2D eigenvalue weighted by molar-refractivity contribution is 7.89. The molecule has 2 aromatic heterocycles. The minimum atomic E-state index is -3.90. The largest absolute Gasteiger partial charge is 0.394 e. The predicted octanol–water partition coefficient (Wildman–Crippen LogP) is 3.20. The third kappa shape index (κ3) is 5.10. The number of hydrogen-bond acceptors (Lipinski definition) is 10. The van der Waals surface area contributed by atoms with Crippen LogP contribution in [0, 0.1) is 12.8 Å². The lowest BCUT2D eigenvalue weighted by atomic mass is 10.0. The SMILES string of the molecule is CNS(=O)(=O)c1cc(-c2sc(Nc3cccc(N4C(O)CC[C@@H]4CO)n3)nc2C)cc2c1C(=O)N([C@@H](C)C1CC1)C2. The lowest BCUT2D eigenvalue weighted by Crippen LogP contribution is -2.38. The Kier molecular flexibility index (Phi) is 7.27. The Bertz CT molecular complexity index is 1610. The Balaban J connectivity index is 1.32. The number of hydrogen-bond donors (Lipinski definition) is 4. The highest BCUT2D eigenvalue weighted by atomic mass is 32.2. The lowest BCUT2D eigenvalue weighted by Gasteiger charge is -2.27. The van der Waals surface area contributed by atoms with Gasteiger partial charge in [0, 0.05) is 12.6 Å². The summed E-state index contributed by atoms with van der Waals surface area (Å²) in [7, 11) is -2.55. The van der Waals surface area contributed by atoms with E-state index in [9.17, 15) is 23.4 Å². The third-order valence-electron chi connectivity index (χ3n) is 8.33. The van der Waals surface area contributed by atoms with Gasteiger partial charge in [-0.1, -0.05) is 17.4 Å². The number of pyridine rings is 1. The van der Waals surface area contributed by atoms with Gasteiger partial charge >= 0.3 is 0 Å². The van der Waals surface area contributed by atoms with E-state index in [0.717, 1.165) is 17.7 Å². The van der Waals surface area contributed by atoms with Crippen LogP contribution in [-0.4, -0.2) is 71.4 Å². The van der Waals surface area contributed by atoms with E-state index in [1.165, 1.54) is 18.4 Å². The molecular weight excluding hydrogens is 564 g/mol. The molecule has 4 heterocycles. The molecule has 3 aromatic rings. The zero-order chi connectivity index (χ0) is 29.1. The van der Waals surface area contributed by atoms with E-state index < -0.39 is 16.3 Å². The van der Waals surface area contributed by atoms with Crippen LogP contribution in [0.2, 0.25) is 0 Å².